The zero-order valence-electron chi connectivity index (χ0n) is 16.4. The largest absolute Gasteiger partial charge is 0.363 e. The fourth-order valence-corrected chi connectivity index (χ4v) is 4.14. The third-order valence-corrected chi connectivity index (χ3v) is 5.74. The van der Waals surface area contributed by atoms with Crippen molar-refractivity contribution in [3.63, 3.8) is 0 Å². The van der Waals surface area contributed by atoms with Gasteiger partial charge in [0.05, 0.1) is 0 Å². The zero-order valence-corrected chi connectivity index (χ0v) is 16.4. The monoisotopic (exact) mass is 378 g/mol. The molecule has 0 atom stereocenters. The molecule has 3 aromatic heterocycles. The van der Waals surface area contributed by atoms with Crippen LogP contribution in [0.3, 0.4) is 0 Å². The summed E-state index contributed by atoms with van der Waals surface area (Å²) in [5, 5.41) is 8.72. The first-order valence-electron chi connectivity index (χ1n) is 10.0. The summed E-state index contributed by atoms with van der Waals surface area (Å²) in [6.45, 7) is 1.96. The van der Waals surface area contributed by atoms with Crippen LogP contribution in [-0.4, -0.2) is 63.8 Å². The molecule has 2 fully saturated rings. The molecule has 5 rings (SSSR count). The quantitative estimate of drug-likeness (QED) is 0.674. The van der Waals surface area contributed by atoms with Gasteiger partial charge in [-0.15, -0.1) is 10.2 Å². The van der Waals surface area contributed by atoms with Crippen molar-refractivity contribution in [2.24, 2.45) is 0 Å². The van der Waals surface area contributed by atoms with Crippen LogP contribution in [-0.2, 0) is 0 Å². The molecule has 8 nitrogen and oxygen atoms in total. The van der Waals surface area contributed by atoms with Crippen LogP contribution in [0.5, 0.6) is 0 Å². The lowest BCUT2D eigenvalue weighted by Crippen LogP contribution is -2.47. The Bertz CT molecular complexity index is 956. The summed E-state index contributed by atoms with van der Waals surface area (Å²) in [5.41, 5.74) is 0.899. The first kappa shape index (κ1) is 17.2. The number of anilines is 3. The van der Waals surface area contributed by atoms with Gasteiger partial charge in [-0.1, -0.05) is 6.07 Å². The molecule has 0 amide bonds. The van der Waals surface area contributed by atoms with Gasteiger partial charge < -0.3 is 14.7 Å². The normalized spacial score (nSPS) is 17.9. The van der Waals surface area contributed by atoms with E-state index in [-0.39, 0.29) is 0 Å². The average molecular weight is 378 g/mol. The molecule has 1 saturated heterocycles. The number of hydrogen-bond donors (Lipinski definition) is 0. The Hall–Kier alpha value is -2.90. The maximum atomic E-state index is 4.62. The molecule has 8 heteroatoms. The minimum absolute atomic E-state index is 0.507. The van der Waals surface area contributed by atoms with Gasteiger partial charge in [0.1, 0.15) is 18.0 Å². The van der Waals surface area contributed by atoms with Gasteiger partial charge >= 0.3 is 0 Å². The summed E-state index contributed by atoms with van der Waals surface area (Å²) >= 11 is 0. The van der Waals surface area contributed by atoms with Crippen molar-refractivity contribution < 1.29 is 0 Å². The number of nitrogens with zero attached hydrogens (tertiary/aromatic N) is 8. The van der Waals surface area contributed by atoms with Gasteiger partial charge in [-0.3, -0.25) is 4.40 Å². The van der Waals surface area contributed by atoms with E-state index >= 15 is 0 Å². The molecular weight excluding hydrogens is 352 g/mol. The van der Waals surface area contributed by atoms with Crippen LogP contribution >= 0.6 is 0 Å². The van der Waals surface area contributed by atoms with E-state index in [1.54, 1.807) is 6.33 Å². The number of hydrogen-bond acceptors (Lipinski definition) is 7. The topological polar surface area (TPSA) is 65.7 Å². The van der Waals surface area contributed by atoms with E-state index in [1.165, 1.54) is 12.8 Å². The van der Waals surface area contributed by atoms with Crippen molar-refractivity contribution in [3.8, 4) is 0 Å². The lowest BCUT2D eigenvalue weighted by Gasteiger charge is -2.39. The molecule has 0 N–H and O–H groups in total. The van der Waals surface area contributed by atoms with Crippen LogP contribution in [0.2, 0.25) is 0 Å². The van der Waals surface area contributed by atoms with Crippen molar-refractivity contribution in [1.29, 1.82) is 0 Å². The molecule has 3 aromatic rings. The minimum atomic E-state index is 0.507. The predicted octanol–water partition coefficient (Wildman–Crippen LogP) is 2.22. The molecule has 0 unspecified atom stereocenters. The summed E-state index contributed by atoms with van der Waals surface area (Å²) < 4.78 is 2.08. The van der Waals surface area contributed by atoms with Crippen LogP contribution < -0.4 is 14.7 Å². The maximum absolute atomic E-state index is 4.62. The van der Waals surface area contributed by atoms with E-state index < -0.39 is 0 Å². The second-order valence-corrected chi connectivity index (χ2v) is 7.91. The molecule has 0 spiro atoms. The van der Waals surface area contributed by atoms with Crippen LogP contribution in [0, 0.1) is 0 Å². The molecule has 28 heavy (non-hydrogen) atoms. The zero-order chi connectivity index (χ0) is 19.1. The van der Waals surface area contributed by atoms with E-state index in [4.69, 9.17) is 0 Å². The lowest BCUT2D eigenvalue weighted by atomic mass is 10.0. The van der Waals surface area contributed by atoms with Crippen molar-refractivity contribution in [3.05, 3.63) is 36.8 Å². The van der Waals surface area contributed by atoms with Gasteiger partial charge in [-0.2, -0.15) is 0 Å². The van der Waals surface area contributed by atoms with Crippen molar-refractivity contribution >= 4 is 23.2 Å². The van der Waals surface area contributed by atoms with Gasteiger partial charge in [0.15, 0.2) is 5.65 Å². The summed E-state index contributed by atoms with van der Waals surface area (Å²) in [7, 11) is 4.05. The van der Waals surface area contributed by atoms with E-state index in [0.29, 0.717) is 12.1 Å². The number of fused-ring (bicyclic) bond motifs is 1. The van der Waals surface area contributed by atoms with Crippen molar-refractivity contribution in [1.82, 2.24) is 24.6 Å². The SMILES string of the molecule is CN(C)c1cc(N(C2CC2)C2CCN(c3nnc4ccccn34)CC2)ncn1. The number of piperidine rings is 1. The minimum Gasteiger partial charge on any atom is -0.363 e. The molecule has 0 radical (unpaired) electrons. The summed E-state index contributed by atoms with van der Waals surface area (Å²) in [6.07, 6.45) is 8.44. The molecule has 1 aliphatic heterocycles. The van der Waals surface area contributed by atoms with Crippen molar-refractivity contribution in [2.75, 3.05) is 41.9 Å². The second kappa shape index (κ2) is 6.92. The summed E-state index contributed by atoms with van der Waals surface area (Å²) in [5.74, 6) is 2.97. The molecule has 1 saturated carbocycles. The fourth-order valence-electron chi connectivity index (χ4n) is 4.14. The molecule has 1 aliphatic carbocycles. The highest BCUT2D eigenvalue weighted by molar-refractivity contribution is 5.52. The lowest BCUT2D eigenvalue weighted by molar-refractivity contribution is 0.455. The van der Waals surface area contributed by atoms with Crippen LogP contribution in [0.15, 0.2) is 36.8 Å². The Balaban J connectivity index is 1.34. The molecule has 0 bridgehead atoms. The first-order chi connectivity index (χ1) is 13.7. The van der Waals surface area contributed by atoms with E-state index in [9.17, 15) is 0 Å². The first-order valence-corrected chi connectivity index (χ1v) is 10.0. The van der Waals surface area contributed by atoms with Crippen LogP contribution in [0.4, 0.5) is 17.6 Å². The Morgan fingerprint density at radius 2 is 1.68 bits per heavy atom. The average Bonchev–Trinajstić information content (AvgIpc) is 3.46. The number of rotatable bonds is 5. The van der Waals surface area contributed by atoms with Crippen molar-refractivity contribution in [2.45, 2.75) is 37.8 Å². The highest BCUT2D eigenvalue weighted by Gasteiger charge is 2.37. The van der Waals surface area contributed by atoms with Gasteiger partial charge in [0, 0.05) is 51.5 Å². The summed E-state index contributed by atoms with van der Waals surface area (Å²) in [6, 6.07) is 9.27. The van der Waals surface area contributed by atoms with Gasteiger partial charge in [-0.25, -0.2) is 9.97 Å². The standard InChI is InChI=1S/C20H26N8/c1-25(2)18-13-19(22-14-21-18)28(15-6-7-15)16-8-11-26(12-9-16)20-24-23-17-5-3-4-10-27(17)20/h3-5,10,13-16H,6-9,11-12H2,1-2H3. The Morgan fingerprint density at radius 3 is 2.43 bits per heavy atom. The molecule has 4 heterocycles. The second-order valence-electron chi connectivity index (χ2n) is 7.91. The Morgan fingerprint density at radius 1 is 0.929 bits per heavy atom. The van der Waals surface area contributed by atoms with E-state index in [0.717, 1.165) is 49.2 Å². The van der Waals surface area contributed by atoms with Gasteiger partial charge in [0.2, 0.25) is 5.95 Å². The molecular formula is C20H26N8. The molecule has 2 aliphatic rings. The smallest absolute Gasteiger partial charge is 0.231 e. The van der Waals surface area contributed by atoms with Gasteiger partial charge in [-0.05, 0) is 37.8 Å². The van der Waals surface area contributed by atoms with Crippen LogP contribution in [0.1, 0.15) is 25.7 Å². The van der Waals surface area contributed by atoms with Gasteiger partial charge in [0.25, 0.3) is 0 Å². The molecule has 146 valence electrons. The Labute approximate surface area is 164 Å². The van der Waals surface area contributed by atoms with Crippen LogP contribution in [0.25, 0.3) is 5.65 Å². The summed E-state index contributed by atoms with van der Waals surface area (Å²) in [4.78, 5) is 15.9. The number of pyridine rings is 1. The predicted molar refractivity (Wildman–Crippen MR) is 110 cm³/mol. The highest BCUT2D eigenvalue weighted by atomic mass is 15.4. The van der Waals surface area contributed by atoms with E-state index in [1.807, 2.05) is 43.4 Å². The highest BCUT2D eigenvalue weighted by Crippen LogP contribution is 2.36. The third kappa shape index (κ3) is 3.12. The fraction of sp³-hybridized carbons (Fsp3) is 0.500. The molecule has 0 aromatic carbocycles. The van der Waals surface area contributed by atoms with E-state index in [2.05, 4.69) is 40.4 Å². The Kier molecular flexibility index (Phi) is 4.26. The maximum Gasteiger partial charge on any atom is 0.231 e. The number of aromatic nitrogens is 5. The third-order valence-electron chi connectivity index (χ3n) is 5.74.